The molecule has 1 amide bonds. The van der Waals surface area contributed by atoms with E-state index in [2.05, 4.69) is 15.4 Å². The molecule has 0 saturated heterocycles. The lowest BCUT2D eigenvalue weighted by Crippen LogP contribution is -2.13. The van der Waals surface area contributed by atoms with Gasteiger partial charge in [0.15, 0.2) is 0 Å². The highest BCUT2D eigenvalue weighted by Gasteiger charge is 2.13. The van der Waals surface area contributed by atoms with E-state index >= 15 is 0 Å². The first-order chi connectivity index (χ1) is 10.6. The number of aromatic nitrogens is 3. The minimum atomic E-state index is -0.194. The number of methoxy groups -OCH3 is 1. The van der Waals surface area contributed by atoms with Gasteiger partial charge in [-0.3, -0.25) is 14.5 Å². The fourth-order valence-corrected chi connectivity index (χ4v) is 2.22. The van der Waals surface area contributed by atoms with Crippen molar-refractivity contribution in [3.05, 3.63) is 47.9 Å². The summed E-state index contributed by atoms with van der Waals surface area (Å²) in [6.07, 6.45) is 3.19. The number of hydrogen-bond donors (Lipinski definition) is 1. The molecule has 0 saturated carbocycles. The van der Waals surface area contributed by atoms with Gasteiger partial charge in [-0.05, 0) is 25.1 Å². The van der Waals surface area contributed by atoms with Crippen LogP contribution in [0.25, 0.3) is 10.9 Å². The SMILES string of the molecule is COc1ccc2cc(NC(=O)c3cnn(C)c3C)cnc2c1. The molecule has 112 valence electrons. The molecule has 1 aromatic carbocycles. The van der Waals surface area contributed by atoms with Gasteiger partial charge in [-0.15, -0.1) is 0 Å². The second kappa shape index (κ2) is 5.48. The van der Waals surface area contributed by atoms with Crippen LogP contribution in [0.15, 0.2) is 36.7 Å². The zero-order chi connectivity index (χ0) is 15.7. The number of nitrogens with zero attached hydrogens (tertiary/aromatic N) is 3. The number of fused-ring (bicyclic) bond motifs is 1. The van der Waals surface area contributed by atoms with E-state index in [-0.39, 0.29) is 5.91 Å². The smallest absolute Gasteiger partial charge is 0.259 e. The highest BCUT2D eigenvalue weighted by Crippen LogP contribution is 2.22. The third kappa shape index (κ3) is 2.50. The lowest BCUT2D eigenvalue weighted by Gasteiger charge is -2.07. The normalized spacial score (nSPS) is 10.7. The maximum atomic E-state index is 12.3. The van der Waals surface area contributed by atoms with Crippen LogP contribution in [0.4, 0.5) is 5.69 Å². The van der Waals surface area contributed by atoms with E-state index in [0.29, 0.717) is 11.3 Å². The minimum absolute atomic E-state index is 0.194. The highest BCUT2D eigenvalue weighted by atomic mass is 16.5. The van der Waals surface area contributed by atoms with Crippen LogP contribution in [-0.4, -0.2) is 27.8 Å². The summed E-state index contributed by atoms with van der Waals surface area (Å²) < 4.78 is 6.84. The highest BCUT2D eigenvalue weighted by molar-refractivity contribution is 6.05. The molecule has 6 heteroatoms. The Labute approximate surface area is 127 Å². The molecule has 0 aliphatic carbocycles. The molecule has 0 aliphatic heterocycles. The van der Waals surface area contributed by atoms with Gasteiger partial charge in [-0.25, -0.2) is 0 Å². The number of rotatable bonds is 3. The summed E-state index contributed by atoms with van der Waals surface area (Å²) in [5.41, 5.74) is 2.83. The van der Waals surface area contributed by atoms with Crippen molar-refractivity contribution < 1.29 is 9.53 Å². The Morgan fingerprint density at radius 1 is 1.27 bits per heavy atom. The molecule has 0 atom stereocenters. The predicted molar refractivity (Wildman–Crippen MR) is 84.2 cm³/mol. The van der Waals surface area contributed by atoms with Crippen molar-refractivity contribution in [2.45, 2.75) is 6.92 Å². The Bertz CT molecular complexity index is 854. The molecule has 2 aromatic heterocycles. The Kier molecular flexibility index (Phi) is 3.50. The van der Waals surface area contributed by atoms with Crippen LogP contribution in [0.5, 0.6) is 5.75 Å². The Balaban J connectivity index is 1.87. The van der Waals surface area contributed by atoms with E-state index in [1.807, 2.05) is 31.2 Å². The van der Waals surface area contributed by atoms with E-state index in [1.54, 1.807) is 31.2 Å². The van der Waals surface area contributed by atoms with Gasteiger partial charge in [-0.2, -0.15) is 5.10 Å². The number of amides is 1. The number of pyridine rings is 1. The van der Waals surface area contributed by atoms with Gasteiger partial charge in [0.2, 0.25) is 0 Å². The fraction of sp³-hybridized carbons (Fsp3) is 0.188. The number of anilines is 1. The molecule has 1 N–H and O–H groups in total. The minimum Gasteiger partial charge on any atom is -0.497 e. The first-order valence-electron chi connectivity index (χ1n) is 6.82. The number of carbonyl (C=O) groups excluding carboxylic acids is 1. The summed E-state index contributed by atoms with van der Waals surface area (Å²) in [5.74, 6) is 0.558. The number of hydrogen-bond acceptors (Lipinski definition) is 4. The van der Waals surface area contributed by atoms with Crippen molar-refractivity contribution in [2.24, 2.45) is 7.05 Å². The standard InChI is InChI=1S/C16H16N4O2/c1-10-14(9-18-20(10)2)16(21)19-12-6-11-4-5-13(22-3)7-15(11)17-8-12/h4-9H,1-3H3,(H,19,21). The second-order valence-corrected chi connectivity index (χ2v) is 5.00. The van der Waals surface area contributed by atoms with E-state index < -0.39 is 0 Å². The van der Waals surface area contributed by atoms with E-state index in [9.17, 15) is 4.79 Å². The summed E-state index contributed by atoms with van der Waals surface area (Å²) in [7, 11) is 3.42. The van der Waals surface area contributed by atoms with Crippen molar-refractivity contribution in [1.82, 2.24) is 14.8 Å². The fourth-order valence-electron chi connectivity index (χ4n) is 2.22. The summed E-state index contributed by atoms with van der Waals surface area (Å²) in [5, 5.41) is 7.85. The van der Waals surface area contributed by atoms with Crippen molar-refractivity contribution in [1.29, 1.82) is 0 Å². The summed E-state index contributed by atoms with van der Waals surface area (Å²) in [6, 6.07) is 7.50. The Morgan fingerprint density at radius 2 is 2.09 bits per heavy atom. The predicted octanol–water partition coefficient (Wildman–Crippen LogP) is 2.54. The summed E-state index contributed by atoms with van der Waals surface area (Å²) >= 11 is 0. The van der Waals surface area contributed by atoms with Gasteiger partial charge in [0, 0.05) is 24.2 Å². The van der Waals surface area contributed by atoms with Crippen LogP contribution in [-0.2, 0) is 7.05 Å². The summed E-state index contributed by atoms with van der Waals surface area (Å²) in [6.45, 7) is 1.85. The molecule has 0 radical (unpaired) electrons. The van der Waals surface area contributed by atoms with Crippen LogP contribution < -0.4 is 10.1 Å². The third-order valence-corrected chi connectivity index (χ3v) is 3.63. The molecule has 2 heterocycles. The Morgan fingerprint density at radius 3 is 2.77 bits per heavy atom. The quantitative estimate of drug-likeness (QED) is 0.806. The number of carbonyl (C=O) groups is 1. The maximum Gasteiger partial charge on any atom is 0.259 e. The molecular formula is C16H16N4O2. The first kappa shape index (κ1) is 14.1. The van der Waals surface area contributed by atoms with Gasteiger partial charge in [0.1, 0.15) is 5.75 Å². The molecule has 0 aliphatic rings. The van der Waals surface area contributed by atoms with Crippen LogP contribution in [0, 0.1) is 6.92 Å². The van der Waals surface area contributed by atoms with Gasteiger partial charge in [-0.1, -0.05) is 0 Å². The van der Waals surface area contributed by atoms with E-state index in [1.165, 1.54) is 0 Å². The van der Waals surface area contributed by atoms with Crippen LogP contribution in [0.1, 0.15) is 16.1 Å². The van der Waals surface area contributed by atoms with Crippen molar-refractivity contribution in [3.63, 3.8) is 0 Å². The lowest BCUT2D eigenvalue weighted by molar-refractivity contribution is 0.102. The van der Waals surface area contributed by atoms with Gasteiger partial charge < -0.3 is 10.1 Å². The first-order valence-corrected chi connectivity index (χ1v) is 6.82. The van der Waals surface area contributed by atoms with Crippen LogP contribution in [0.3, 0.4) is 0 Å². The van der Waals surface area contributed by atoms with Crippen LogP contribution in [0.2, 0.25) is 0 Å². The molecular weight excluding hydrogens is 280 g/mol. The number of benzene rings is 1. The van der Waals surface area contributed by atoms with Crippen molar-refractivity contribution in [3.8, 4) is 5.75 Å². The van der Waals surface area contributed by atoms with Crippen LogP contribution >= 0.6 is 0 Å². The number of nitrogens with one attached hydrogen (secondary N) is 1. The molecule has 3 aromatic rings. The van der Waals surface area contributed by atoms with E-state index in [4.69, 9.17) is 4.74 Å². The zero-order valence-electron chi connectivity index (χ0n) is 12.6. The van der Waals surface area contributed by atoms with Gasteiger partial charge in [0.05, 0.1) is 36.3 Å². The molecule has 0 bridgehead atoms. The Hall–Kier alpha value is -2.89. The largest absolute Gasteiger partial charge is 0.497 e. The molecule has 22 heavy (non-hydrogen) atoms. The maximum absolute atomic E-state index is 12.3. The average molecular weight is 296 g/mol. The number of aryl methyl sites for hydroxylation is 1. The van der Waals surface area contributed by atoms with Crippen molar-refractivity contribution in [2.75, 3.05) is 12.4 Å². The second-order valence-electron chi connectivity index (χ2n) is 5.00. The van der Waals surface area contributed by atoms with E-state index in [0.717, 1.165) is 22.3 Å². The van der Waals surface area contributed by atoms with Crippen molar-refractivity contribution >= 4 is 22.5 Å². The third-order valence-electron chi connectivity index (χ3n) is 3.63. The molecule has 0 fully saturated rings. The van der Waals surface area contributed by atoms with Gasteiger partial charge >= 0.3 is 0 Å². The zero-order valence-corrected chi connectivity index (χ0v) is 12.6. The molecule has 6 nitrogen and oxygen atoms in total. The summed E-state index contributed by atoms with van der Waals surface area (Å²) in [4.78, 5) is 16.6. The molecule has 0 spiro atoms. The number of ether oxygens (including phenoxy) is 1. The monoisotopic (exact) mass is 296 g/mol. The molecule has 0 unspecified atom stereocenters. The lowest BCUT2D eigenvalue weighted by atomic mass is 10.2. The molecule has 3 rings (SSSR count). The van der Waals surface area contributed by atoms with Gasteiger partial charge in [0.25, 0.3) is 5.91 Å². The average Bonchev–Trinajstić information content (AvgIpc) is 2.86. The topological polar surface area (TPSA) is 69.0 Å².